The van der Waals surface area contributed by atoms with Crippen LogP contribution in [-0.4, -0.2) is 52.0 Å². The number of anilines is 1. The monoisotopic (exact) mass is 337 g/mol. The van der Waals surface area contributed by atoms with Crippen molar-refractivity contribution in [3.05, 3.63) is 24.7 Å². The first kappa shape index (κ1) is 15.1. The lowest BCUT2D eigenvalue weighted by molar-refractivity contribution is 0.109. The van der Waals surface area contributed by atoms with Gasteiger partial charge in [-0.15, -0.1) is 0 Å². The fourth-order valence-electron chi connectivity index (χ4n) is 3.12. The Morgan fingerprint density at radius 1 is 1.48 bits per heavy atom. The van der Waals surface area contributed by atoms with Crippen molar-refractivity contribution in [1.82, 2.24) is 25.5 Å². The number of hydrogen-bond donors (Lipinski definition) is 2. The summed E-state index contributed by atoms with van der Waals surface area (Å²) in [6.07, 6.45) is 5.12. The zero-order valence-electron chi connectivity index (χ0n) is 13.3. The third-order valence-corrected chi connectivity index (χ3v) is 4.22. The Balaban J connectivity index is 1.60. The molecule has 1 atom stereocenters. The first-order valence-corrected chi connectivity index (χ1v) is 7.89. The molecule has 1 saturated heterocycles. The van der Waals surface area contributed by atoms with E-state index < -0.39 is 6.09 Å². The van der Waals surface area contributed by atoms with Crippen LogP contribution in [0, 0.1) is 11.3 Å². The number of hydrogen-bond acceptors (Lipinski definition) is 7. The number of amides is 1. The maximum atomic E-state index is 11.6. The summed E-state index contributed by atoms with van der Waals surface area (Å²) < 4.78 is 5.35. The average molecular weight is 337 g/mol. The van der Waals surface area contributed by atoms with Crippen molar-refractivity contribution in [3.63, 3.8) is 0 Å². The van der Waals surface area contributed by atoms with Crippen molar-refractivity contribution < 1.29 is 9.53 Å². The van der Waals surface area contributed by atoms with Gasteiger partial charge in [0.15, 0.2) is 5.65 Å². The summed E-state index contributed by atoms with van der Waals surface area (Å²) in [6.45, 7) is 1.21. The van der Waals surface area contributed by atoms with Crippen LogP contribution in [-0.2, 0) is 4.74 Å². The van der Waals surface area contributed by atoms with Gasteiger partial charge in [-0.1, -0.05) is 0 Å². The van der Waals surface area contributed by atoms with Gasteiger partial charge in [-0.25, -0.2) is 14.8 Å². The quantitative estimate of drug-likeness (QED) is 0.692. The number of fused-ring (bicyclic) bond motifs is 3. The second kappa shape index (κ2) is 6.24. The lowest BCUT2D eigenvalue weighted by atomic mass is 10.1. The van der Waals surface area contributed by atoms with E-state index in [0.717, 1.165) is 28.5 Å². The highest BCUT2D eigenvalue weighted by Gasteiger charge is 2.28. The van der Waals surface area contributed by atoms with E-state index in [1.54, 1.807) is 18.6 Å². The Bertz CT molecular complexity index is 977. The number of nitrogens with zero attached hydrogens (tertiary/aromatic N) is 5. The van der Waals surface area contributed by atoms with Crippen molar-refractivity contribution in [1.29, 1.82) is 5.26 Å². The number of aromatic nitrogens is 4. The minimum atomic E-state index is -0.569. The van der Waals surface area contributed by atoms with Gasteiger partial charge in [0.2, 0.25) is 0 Å². The van der Waals surface area contributed by atoms with Crippen LogP contribution in [0.5, 0.6) is 0 Å². The molecule has 0 aliphatic carbocycles. The van der Waals surface area contributed by atoms with Crippen LogP contribution in [0.25, 0.3) is 21.8 Å². The largest absolute Gasteiger partial charge is 0.444 e. The summed E-state index contributed by atoms with van der Waals surface area (Å²) in [7, 11) is 0. The van der Waals surface area contributed by atoms with E-state index in [9.17, 15) is 4.79 Å². The molecule has 0 saturated carbocycles. The fraction of sp³-hybridized carbons (Fsp3) is 0.312. The van der Waals surface area contributed by atoms with Crippen LogP contribution in [0.2, 0.25) is 0 Å². The van der Waals surface area contributed by atoms with Crippen LogP contribution in [0.3, 0.4) is 0 Å². The Hall–Kier alpha value is -3.41. The van der Waals surface area contributed by atoms with Gasteiger partial charge < -0.3 is 15.0 Å². The van der Waals surface area contributed by atoms with Crippen molar-refractivity contribution >= 4 is 33.7 Å². The maximum absolute atomic E-state index is 11.6. The Kier molecular flexibility index (Phi) is 3.78. The summed E-state index contributed by atoms with van der Waals surface area (Å²) in [4.78, 5) is 22.3. The number of carbonyl (C=O) groups is 1. The van der Waals surface area contributed by atoms with Gasteiger partial charge in [0.05, 0.1) is 18.8 Å². The molecule has 4 rings (SSSR count). The summed E-state index contributed by atoms with van der Waals surface area (Å²) in [5, 5.41) is 21.0. The first-order valence-electron chi connectivity index (χ1n) is 7.89. The summed E-state index contributed by atoms with van der Waals surface area (Å²) in [6, 6.07) is 3.78. The Morgan fingerprint density at radius 2 is 2.40 bits per heavy atom. The van der Waals surface area contributed by atoms with Gasteiger partial charge >= 0.3 is 6.09 Å². The topological polar surface area (TPSA) is 120 Å². The SMILES string of the molecule is N#CCNC(=O)OC1CCN(c2[nH]ncc3cnc4nccc4c23)C1. The normalized spacial score (nSPS) is 16.9. The molecule has 126 valence electrons. The molecule has 1 unspecified atom stereocenters. The molecule has 0 spiro atoms. The molecule has 9 nitrogen and oxygen atoms in total. The second-order valence-corrected chi connectivity index (χ2v) is 5.76. The van der Waals surface area contributed by atoms with Gasteiger partial charge in [-0.3, -0.25) is 5.10 Å². The van der Waals surface area contributed by atoms with E-state index in [4.69, 9.17) is 10.00 Å². The number of pyridine rings is 1. The Labute approximate surface area is 142 Å². The number of rotatable bonds is 3. The highest BCUT2D eigenvalue weighted by Crippen LogP contribution is 2.31. The standard InChI is InChI=1S/C16H15N7O2/c17-3-5-19-16(24)25-11-2-6-23(9-11)15-13-10(8-21-22-15)7-20-14-12(13)1-4-18-14/h1,4,7-8,11,22H,2,5-6,9H2,(H,19,24). The van der Waals surface area contributed by atoms with Crippen LogP contribution in [0.15, 0.2) is 24.7 Å². The second-order valence-electron chi connectivity index (χ2n) is 5.76. The van der Waals surface area contributed by atoms with Crippen LogP contribution < -0.4 is 10.2 Å². The molecule has 4 heterocycles. The van der Waals surface area contributed by atoms with E-state index in [-0.39, 0.29) is 12.6 Å². The number of H-pyrrole nitrogens is 1. The average Bonchev–Trinajstić information content (AvgIpc) is 3.28. The zero-order valence-corrected chi connectivity index (χ0v) is 13.3. The number of carbonyl (C=O) groups excluding carboxylic acids is 1. The van der Waals surface area contributed by atoms with E-state index in [2.05, 4.69) is 30.4 Å². The number of nitrogens with one attached hydrogen (secondary N) is 2. The number of nitriles is 1. The molecule has 0 aromatic carbocycles. The van der Waals surface area contributed by atoms with E-state index in [1.165, 1.54) is 0 Å². The lowest BCUT2D eigenvalue weighted by Gasteiger charge is -2.20. The molecule has 3 aromatic heterocycles. The van der Waals surface area contributed by atoms with Gasteiger partial charge in [-0.2, -0.15) is 10.4 Å². The minimum absolute atomic E-state index is 0.0642. The maximum Gasteiger partial charge on any atom is 0.408 e. The summed E-state index contributed by atoms with van der Waals surface area (Å²) in [5.41, 5.74) is 0.691. The van der Waals surface area contributed by atoms with Gasteiger partial charge in [0, 0.05) is 41.5 Å². The Morgan fingerprint density at radius 3 is 3.28 bits per heavy atom. The molecule has 2 N–H and O–H groups in total. The first-order chi connectivity index (χ1) is 12.3. The van der Waals surface area contributed by atoms with E-state index >= 15 is 0 Å². The van der Waals surface area contributed by atoms with E-state index in [0.29, 0.717) is 18.6 Å². The molecule has 1 aliphatic rings. The molecular formula is C16H15N7O2. The lowest BCUT2D eigenvalue weighted by Crippen LogP contribution is -2.31. The predicted molar refractivity (Wildman–Crippen MR) is 89.9 cm³/mol. The highest BCUT2D eigenvalue weighted by atomic mass is 16.6. The van der Waals surface area contributed by atoms with Gasteiger partial charge in [-0.05, 0) is 6.07 Å². The number of aromatic amines is 1. The molecule has 0 bridgehead atoms. The number of ether oxygens (including phenoxy) is 1. The molecular weight excluding hydrogens is 322 g/mol. The smallest absolute Gasteiger partial charge is 0.408 e. The van der Waals surface area contributed by atoms with Crippen molar-refractivity contribution in [3.8, 4) is 6.07 Å². The highest BCUT2D eigenvalue weighted by molar-refractivity contribution is 6.09. The van der Waals surface area contributed by atoms with Gasteiger partial charge in [0.25, 0.3) is 0 Å². The van der Waals surface area contributed by atoms with Crippen molar-refractivity contribution in [2.45, 2.75) is 12.5 Å². The molecule has 1 aliphatic heterocycles. The van der Waals surface area contributed by atoms with Crippen molar-refractivity contribution in [2.75, 3.05) is 24.5 Å². The third-order valence-electron chi connectivity index (χ3n) is 4.22. The molecule has 9 heteroatoms. The van der Waals surface area contributed by atoms with Gasteiger partial charge in [0.1, 0.15) is 18.5 Å². The molecule has 0 radical (unpaired) electrons. The fourth-order valence-corrected chi connectivity index (χ4v) is 3.12. The van der Waals surface area contributed by atoms with E-state index in [1.807, 2.05) is 12.1 Å². The number of alkyl carbamates (subject to hydrolysis) is 1. The molecule has 1 amide bonds. The molecule has 25 heavy (non-hydrogen) atoms. The van der Waals surface area contributed by atoms with Crippen LogP contribution in [0.4, 0.5) is 10.6 Å². The molecule has 1 fully saturated rings. The predicted octanol–water partition coefficient (Wildman–Crippen LogP) is 1.33. The third kappa shape index (κ3) is 2.78. The van der Waals surface area contributed by atoms with Crippen LogP contribution in [0.1, 0.15) is 6.42 Å². The summed E-state index contributed by atoms with van der Waals surface area (Å²) >= 11 is 0. The molecule has 3 aromatic rings. The zero-order chi connectivity index (χ0) is 17.2. The van der Waals surface area contributed by atoms with Crippen molar-refractivity contribution in [2.24, 2.45) is 0 Å². The summed E-state index contributed by atoms with van der Waals surface area (Å²) in [5.74, 6) is 0.862. The minimum Gasteiger partial charge on any atom is -0.444 e. The van der Waals surface area contributed by atoms with Crippen LogP contribution >= 0.6 is 0 Å².